The van der Waals surface area contributed by atoms with Crippen LogP contribution >= 0.6 is 7.26 Å². The van der Waals surface area contributed by atoms with Gasteiger partial charge in [0.2, 0.25) is 0 Å². The summed E-state index contributed by atoms with van der Waals surface area (Å²) in [6.07, 6.45) is 2.85. The summed E-state index contributed by atoms with van der Waals surface area (Å²) in [5, 5.41) is 5.47. The summed E-state index contributed by atoms with van der Waals surface area (Å²) in [7, 11) is -2.04. The lowest BCUT2D eigenvalue weighted by atomic mass is 10.0. The van der Waals surface area contributed by atoms with Crippen molar-refractivity contribution in [2.45, 2.75) is 13.8 Å². The van der Waals surface area contributed by atoms with Crippen LogP contribution in [0, 0.1) is 0 Å². The van der Waals surface area contributed by atoms with Crippen molar-refractivity contribution < 1.29 is 0 Å². The smallest absolute Gasteiger partial charge is 0.103 e. The van der Waals surface area contributed by atoms with Crippen molar-refractivity contribution in [3.05, 3.63) is 158 Å². The third kappa shape index (κ3) is 4.76. The Morgan fingerprint density at radius 3 is 1.17 bits per heavy atom. The second kappa shape index (κ2) is 11.1. The van der Waals surface area contributed by atoms with Gasteiger partial charge in [0.05, 0.1) is 0 Å². The molecule has 0 saturated carbocycles. The summed E-state index contributed by atoms with van der Waals surface area (Å²) in [6, 6.07) is 51.1. The third-order valence-corrected chi connectivity index (χ3v) is 10.6. The Morgan fingerprint density at radius 1 is 0.457 bits per heavy atom. The topological polar surface area (TPSA) is 0 Å². The van der Waals surface area contributed by atoms with Crippen LogP contribution in [0.2, 0.25) is 0 Å². The zero-order valence-corrected chi connectivity index (χ0v) is 20.1. The van der Waals surface area contributed by atoms with E-state index in [2.05, 4.69) is 146 Å². The molecule has 5 aromatic rings. The van der Waals surface area contributed by atoms with Crippen molar-refractivity contribution in [2.24, 2.45) is 0 Å². The van der Waals surface area contributed by atoms with Gasteiger partial charge < -0.3 is 0 Å². The fraction of sp³-hybridized carbons (Fsp3) is 0.0588. The highest BCUT2D eigenvalue weighted by Crippen LogP contribution is 2.54. The minimum atomic E-state index is -2.04. The fourth-order valence-electron chi connectivity index (χ4n) is 4.73. The number of rotatable bonds is 7. The van der Waals surface area contributed by atoms with Crippen LogP contribution in [0.3, 0.4) is 0 Å². The van der Waals surface area contributed by atoms with Gasteiger partial charge in [0.25, 0.3) is 0 Å². The van der Waals surface area contributed by atoms with Crippen LogP contribution < -0.4 is 21.2 Å². The standard InChI is InChI=1S/C33H28P.CH4/c1-2-12-27-19-21-28(22-20-27)29-23-25-33(26-24-29)34(30-13-6-3-7-14-30,31-15-8-4-9-16-31)32-17-10-5-11-18-32;/h2-11,13-26H,1,12H2;1H4/q+1;. The van der Waals surface area contributed by atoms with Crippen LogP contribution in [0.4, 0.5) is 0 Å². The van der Waals surface area contributed by atoms with E-state index < -0.39 is 7.26 Å². The van der Waals surface area contributed by atoms with Gasteiger partial charge in [-0.1, -0.05) is 104 Å². The Hall–Kier alpha value is -3.73. The Morgan fingerprint density at radius 2 is 0.800 bits per heavy atom. The van der Waals surface area contributed by atoms with Gasteiger partial charge in [0, 0.05) is 0 Å². The first kappa shape index (κ1) is 24.4. The molecule has 1 heteroatoms. The van der Waals surface area contributed by atoms with Gasteiger partial charge in [-0.15, -0.1) is 6.58 Å². The molecule has 0 heterocycles. The second-order valence-electron chi connectivity index (χ2n) is 8.41. The highest BCUT2D eigenvalue weighted by Gasteiger charge is 2.47. The van der Waals surface area contributed by atoms with Crippen LogP contribution in [-0.2, 0) is 6.42 Å². The van der Waals surface area contributed by atoms with E-state index in [0.29, 0.717) is 0 Å². The molecule has 5 aromatic carbocycles. The lowest BCUT2D eigenvalue weighted by molar-refractivity contribution is 1.28. The Kier molecular flexibility index (Phi) is 7.76. The molecular formula is C34H32P+. The maximum Gasteiger partial charge on any atom is 0.144 e. The first-order valence-electron chi connectivity index (χ1n) is 11.7. The van der Waals surface area contributed by atoms with Crippen molar-refractivity contribution >= 4 is 28.5 Å². The zero-order chi connectivity index (χ0) is 23.2. The molecule has 0 aliphatic heterocycles. The Labute approximate surface area is 211 Å². The summed E-state index contributed by atoms with van der Waals surface area (Å²) in [4.78, 5) is 0. The fourth-order valence-corrected chi connectivity index (χ4v) is 8.97. The maximum absolute atomic E-state index is 3.85. The number of benzene rings is 5. The van der Waals surface area contributed by atoms with Gasteiger partial charge in [-0.25, -0.2) is 0 Å². The summed E-state index contributed by atoms with van der Waals surface area (Å²) < 4.78 is 0. The van der Waals surface area contributed by atoms with Crippen molar-refractivity contribution in [1.82, 2.24) is 0 Å². The third-order valence-electron chi connectivity index (χ3n) is 6.35. The average molecular weight is 472 g/mol. The second-order valence-corrected chi connectivity index (χ2v) is 11.8. The first-order valence-corrected chi connectivity index (χ1v) is 13.5. The molecule has 0 aliphatic rings. The van der Waals surface area contributed by atoms with Crippen LogP contribution in [0.15, 0.2) is 152 Å². The lowest BCUT2D eigenvalue weighted by Crippen LogP contribution is -2.38. The number of allylic oxidation sites excluding steroid dienone is 1. The van der Waals surface area contributed by atoms with Crippen LogP contribution in [-0.4, -0.2) is 0 Å². The first-order chi connectivity index (χ1) is 16.8. The molecular weight excluding hydrogens is 439 g/mol. The molecule has 5 rings (SSSR count). The minimum absolute atomic E-state index is 0. The largest absolute Gasteiger partial charge is 0.144 e. The van der Waals surface area contributed by atoms with E-state index in [4.69, 9.17) is 0 Å². The molecule has 0 unspecified atom stereocenters. The van der Waals surface area contributed by atoms with E-state index in [1.54, 1.807) is 0 Å². The summed E-state index contributed by atoms with van der Waals surface area (Å²) in [5.74, 6) is 0. The molecule has 0 bridgehead atoms. The average Bonchev–Trinajstić information content (AvgIpc) is 2.92. The highest BCUT2D eigenvalue weighted by molar-refractivity contribution is 8.01. The van der Waals surface area contributed by atoms with Crippen molar-refractivity contribution in [3.63, 3.8) is 0 Å². The van der Waals surface area contributed by atoms with Crippen LogP contribution in [0.25, 0.3) is 11.1 Å². The minimum Gasteiger partial charge on any atom is -0.103 e. The zero-order valence-electron chi connectivity index (χ0n) is 19.2. The molecule has 0 radical (unpaired) electrons. The summed E-state index contributed by atoms with van der Waals surface area (Å²) in [5.41, 5.74) is 3.76. The molecule has 0 atom stereocenters. The predicted molar refractivity (Wildman–Crippen MR) is 157 cm³/mol. The molecule has 0 aliphatic carbocycles. The van der Waals surface area contributed by atoms with E-state index in [1.807, 2.05) is 6.08 Å². The van der Waals surface area contributed by atoms with Gasteiger partial charge in [-0.2, -0.15) is 0 Å². The molecule has 0 saturated heterocycles. The van der Waals surface area contributed by atoms with Crippen LogP contribution in [0.5, 0.6) is 0 Å². The summed E-state index contributed by atoms with van der Waals surface area (Å²) >= 11 is 0. The van der Waals surface area contributed by atoms with Crippen LogP contribution in [0.1, 0.15) is 13.0 Å². The molecule has 0 amide bonds. The predicted octanol–water partition coefficient (Wildman–Crippen LogP) is 7.34. The van der Waals surface area contributed by atoms with E-state index in [1.165, 1.54) is 37.9 Å². The monoisotopic (exact) mass is 471 g/mol. The van der Waals surface area contributed by atoms with E-state index in [0.717, 1.165) is 6.42 Å². The molecule has 0 spiro atoms. The van der Waals surface area contributed by atoms with Gasteiger partial charge >= 0.3 is 0 Å². The number of hydrogen-bond donors (Lipinski definition) is 0. The summed E-state index contributed by atoms with van der Waals surface area (Å²) in [6.45, 7) is 3.85. The maximum atomic E-state index is 3.85. The van der Waals surface area contributed by atoms with Gasteiger partial charge in [0.15, 0.2) is 0 Å². The van der Waals surface area contributed by atoms with Gasteiger partial charge in [-0.3, -0.25) is 0 Å². The lowest BCUT2D eigenvalue weighted by Gasteiger charge is -2.27. The SMILES string of the molecule is C.C=CCc1ccc(-c2ccc([P+](c3ccccc3)(c3ccccc3)c3ccccc3)cc2)cc1. The molecule has 35 heavy (non-hydrogen) atoms. The van der Waals surface area contributed by atoms with Gasteiger partial charge in [-0.05, 0) is 71.6 Å². The Bertz CT molecular complexity index is 1240. The molecule has 0 aromatic heterocycles. The Balaban J connectivity index is 0.00000289. The van der Waals surface area contributed by atoms with Crippen molar-refractivity contribution in [1.29, 1.82) is 0 Å². The number of hydrogen-bond acceptors (Lipinski definition) is 0. The van der Waals surface area contributed by atoms with E-state index in [-0.39, 0.29) is 7.43 Å². The normalized spacial score (nSPS) is 10.9. The van der Waals surface area contributed by atoms with Gasteiger partial charge in [0.1, 0.15) is 28.5 Å². The van der Waals surface area contributed by atoms with E-state index >= 15 is 0 Å². The quantitative estimate of drug-likeness (QED) is 0.172. The van der Waals surface area contributed by atoms with E-state index in [9.17, 15) is 0 Å². The molecule has 0 N–H and O–H groups in total. The molecule has 0 fully saturated rings. The van der Waals surface area contributed by atoms with Crippen molar-refractivity contribution in [3.8, 4) is 11.1 Å². The molecule has 0 nitrogen and oxygen atoms in total. The highest BCUT2D eigenvalue weighted by atomic mass is 31.2. The molecule has 172 valence electrons. The van der Waals surface area contributed by atoms with Crippen molar-refractivity contribution in [2.75, 3.05) is 0 Å².